The van der Waals surface area contributed by atoms with Crippen LogP contribution in [0.1, 0.15) is 10.4 Å². The zero-order chi connectivity index (χ0) is 16.3. The second-order valence-corrected chi connectivity index (χ2v) is 4.94. The fraction of sp³-hybridized carbons (Fsp3) is 0.308. The fourth-order valence-electron chi connectivity index (χ4n) is 1.97. The highest BCUT2D eigenvalue weighted by atomic mass is 35.5. The number of imide groups is 1. The lowest BCUT2D eigenvalue weighted by atomic mass is 10.1. The Balaban J connectivity index is 0.00000264. The van der Waals surface area contributed by atoms with Gasteiger partial charge in [0.2, 0.25) is 5.91 Å². The molecule has 1 aromatic carbocycles. The summed E-state index contributed by atoms with van der Waals surface area (Å²) in [5.74, 6) is -0.479. The van der Waals surface area contributed by atoms with Crippen molar-refractivity contribution in [1.29, 1.82) is 0 Å². The third kappa shape index (κ3) is 4.17. The average molecular weight is 363 g/mol. The lowest BCUT2D eigenvalue weighted by Crippen LogP contribution is -2.38. The molecule has 1 aromatic rings. The Kier molecular flexibility index (Phi) is 6.47. The van der Waals surface area contributed by atoms with Gasteiger partial charge >= 0.3 is 6.03 Å². The molecular formula is C13H16Cl2N4O4. The molecule has 126 valence electrons. The van der Waals surface area contributed by atoms with Crippen LogP contribution in [-0.2, 0) is 4.79 Å². The number of hydrogen-bond donors (Lipinski definition) is 3. The summed E-state index contributed by atoms with van der Waals surface area (Å²) >= 11 is 5.90. The van der Waals surface area contributed by atoms with E-state index in [0.29, 0.717) is 5.69 Å². The molecule has 0 atom stereocenters. The smallest absolute Gasteiger partial charge is 0.324 e. The first-order valence-corrected chi connectivity index (χ1v) is 6.81. The van der Waals surface area contributed by atoms with Crippen LogP contribution in [0.5, 0.6) is 5.75 Å². The van der Waals surface area contributed by atoms with Crippen molar-refractivity contribution in [3.63, 3.8) is 0 Å². The number of ether oxygens (including phenoxy) is 1. The maximum atomic E-state index is 12.1. The number of halogens is 2. The van der Waals surface area contributed by atoms with Gasteiger partial charge in [0.15, 0.2) is 0 Å². The molecule has 4 amide bonds. The van der Waals surface area contributed by atoms with Crippen molar-refractivity contribution < 1.29 is 19.1 Å². The van der Waals surface area contributed by atoms with Crippen molar-refractivity contribution in [3.8, 4) is 5.75 Å². The van der Waals surface area contributed by atoms with Crippen LogP contribution in [0.2, 0.25) is 5.02 Å². The van der Waals surface area contributed by atoms with Crippen LogP contribution in [0.4, 0.5) is 10.5 Å². The van der Waals surface area contributed by atoms with Gasteiger partial charge in [-0.3, -0.25) is 14.5 Å². The van der Waals surface area contributed by atoms with Crippen molar-refractivity contribution in [2.24, 2.45) is 0 Å². The van der Waals surface area contributed by atoms with Crippen LogP contribution in [0.25, 0.3) is 0 Å². The number of benzene rings is 1. The zero-order valence-electron chi connectivity index (χ0n) is 12.2. The Labute approximate surface area is 143 Å². The molecule has 2 rings (SSSR count). The van der Waals surface area contributed by atoms with Gasteiger partial charge in [-0.15, -0.1) is 12.4 Å². The summed E-state index contributed by atoms with van der Waals surface area (Å²) in [5.41, 5.74) is 6.17. The Morgan fingerprint density at radius 2 is 2.17 bits per heavy atom. The van der Waals surface area contributed by atoms with E-state index >= 15 is 0 Å². The number of hydrogen-bond acceptors (Lipinski definition) is 5. The minimum absolute atomic E-state index is 0. The normalized spacial score (nSPS) is 13.4. The molecule has 1 heterocycles. The predicted molar refractivity (Wildman–Crippen MR) is 87.1 cm³/mol. The van der Waals surface area contributed by atoms with Crippen molar-refractivity contribution in [2.45, 2.75) is 0 Å². The molecule has 0 aliphatic carbocycles. The van der Waals surface area contributed by atoms with Gasteiger partial charge in [0.25, 0.3) is 5.91 Å². The molecule has 4 N–H and O–H groups in total. The number of nitrogens with one attached hydrogen (secondary N) is 2. The molecule has 0 saturated carbocycles. The topological polar surface area (TPSA) is 114 Å². The maximum absolute atomic E-state index is 12.1. The van der Waals surface area contributed by atoms with Crippen LogP contribution in [0.15, 0.2) is 12.1 Å². The van der Waals surface area contributed by atoms with E-state index in [2.05, 4.69) is 10.6 Å². The van der Waals surface area contributed by atoms with Gasteiger partial charge in [-0.2, -0.15) is 0 Å². The number of anilines is 1. The molecule has 0 aromatic heterocycles. The molecule has 1 fully saturated rings. The van der Waals surface area contributed by atoms with E-state index in [4.69, 9.17) is 22.1 Å². The van der Waals surface area contributed by atoms with Crippen LogP contribution >= 0.6 is 24.0 Å². The molecule has 8 nitrogen and oxygen atoms in total. The van der Waals surface area contributed by atoms with Crippen molar-refractivity contribution in [3.05, 3.63) is 22.7 Å². The number of rotatable bonds is 5. The van der Waals surface area contributed by atoms with Crippen LogP contribution in [0.3, 0.4) is 0 Å². The molecule has 1 aliphatic rings. The number of nitrogen functional groups attached to an aromatic ring is 1. The molecule has 0 bridgehead atoms. The first-order valence-electron chi connectivity index (χ1n) is 6.43. The van der Waals surface area contributed by atoms with E-state index in [-0.39, 0.29) is 54.3 Å². The summed E-state index contributed by atoms with van der Waals surface area (Å²) < 4.78 is 5.09. The van der Waals surface area contributed by atoms with E-state index in [9.17, 15) is 14.4 Å². The highest BCUT2D eigenvalue weighted by molar-refractivity contribution is 6.33. The Morgan fingerprint density at radius 3 is 2.74 bits per heavy atom. The standard InChI is InChI=1S/C13H15ClN4O4.ClH/c1-22-10-5-9(15)8(14)4-7(10)12(20)16-2-3-18-11(19)6-17-13(18)21;/h4-5H,2-3,6,15H2,1H3,(H,16,20)(H,17,21);1H. The first-order chi connectivity index (χ1) is 10.4. The number of nitrogens with zero attached hydrogens (tertiary/aromatic N) is 1. The fourth-order valence-corrected chi connectivity index (χ4v) is 2.14. The summed E-state index contributed by atoms with van der Waals surface area (Å²) in [6, 6.07) is 2.39. The van der Waals surface area contributed by atoms with Crippen molar-refractivity contribution in [2.75, 3.05) is 32.5 Å². The number of carbonyl (C=O) groups is 3. The van der Waals surface area contributed by atoms with Gasteiger partial charge in [0, 0.05) is 19.2 Å². The molecule has 23 heavy (non-hydrogen) atoms. The second-order valence-electron chi connectivity index (χ2n) is 4.53. The van der Waals surface area contributed by atoms with Gasteiger partial charge in [-0.25, -0.2) is 4.79 Å². The Hall–Kier alpha value is -2.19. The maximum Gasteiger partial charge on any atom is 0.324 e. The average Bonchev–Trinajstić information content (AvgIpc) is 2.81. The third-order valence-electron chi connectivity index (χ3n) is 3.12. The van der Waals surface area contributed by atoms with E-state index < -0.39 is 11.9 Å². The van der Waals surface area contributed by atoms with E-state index in [1.807, 2.05) is 0 Å². The van der Waals surface area contributed by atoms with Gasteiger partial charge in [0.05, 0.1) is 29.9 Å². The van der Waals surface area contributed by atoms with Crippen LogP contribution < -0.4 is 21.1 Å². The van der Waals surface area contributed by atoms with Crippen LogP contribution in [0, 0.1) is 0 Å². The van der Waals surface area contributed by atoms with E-state index in [1.165, 1.54) is 19.2 Å². The zero-order valence-corrected chi connectivity index (χ0v) is 13.8. The molecule has 0 spiro atoms. The number of urea groups is 1. The molecule has 1 saturated heterocycles. The molecule has 10 heteroatoms. The summed E-state index contributed by atoms with van der Waals surface area (Å²) in [6.45, 7) is 0.179. The number of amides is 4. The van der Waals surface area contributed by atoms with E-state index in [0.717, 1.165) is 4.90 Å². The summed E-state index contributed by atoms with van der Waals surface area (Å²) in [6.07, 6.45) is 0. The lowest BCUT2D eigenvalue weighted by Gasteiger charge is -2.14. The van der Waals surface area contributed by atoms with Crippen LogP contribution in [-0.4, -0.2) is 49.5 Å². The Morgan fingerprint density at radius 1 is 1.48 bits per heavy atom. The van der Waals surface area contributed by atoms with Gasteiger partial charge in [0.1, 0.15) is 5.75 Å². The summed E-state index contributed by atoms with van der Waals surface area (Å²) in [4.78, 5) is 35.9. The monoisotopic (exact) mass is 362 g/mol. The molecule has 0 radical (unpaired) electrons. The summed E-state index contributed by atoms with van der Waals surface area (Å²) in [5, 5.41) is 5.23. The quantitative estimate of drug-likeness (QED) is 0.525. The SMILES string of the molecule is COc1cc(N)c(Cl)cc1C(=O)NCCN1C(=O)CNC1=O.Cl. The van der Waals surface area contributed by atoms with Gasteiger partial charge < -0.3 is 21.1 Å². The Bertz CT molecular complexity index is 623. The van der Waals surface area contributed by atoms with Gasteiger partial charge in [-0.1, -0.05) is 11.6 Å². The highest BCUT2D eigenvalue weighted by Crippen LogP contribution is 2.28. The van der Waals surface area contributed by atoms with E-state index in [1.54, 1.807) is 0 Å². The minimum Gasteiger partial charge on any atom is -0.496 e. The predicted octanol–water partition coefficient (Wildman–Crippen LogP) is 0.634. The summed E-state index contributed by atoms with van der Waals surface area (Å²) in [7, 11) is 1.41. The first kappa shape index (κ1) is 18.9. The minimum atomic E-state index is -0.465. The number of carbonyl (C=O) groups excluding carboxylic acids is 3. The van der Waals surface area contributed by atoms with Crippen molar-refractivity contribution in [1.82, 2.24) is 15.5 Å². The largest absolute Gasteiger partial charge is 0.496 e. The molecule has 1 aliphatic heterocycles. The second kappa shape index (κ2) is 7.89. The lowest BCUT2D eigenvalue weighted by molar-refractivity contribution is -0.124. The third-order valence-corrected chi connectivity index (χ3v) is 3.45. The van der Waals surface area contributed by atoms with Gasteiger partial charge in [-0.05, 0) is 6.07 Å². The highest BCUT2D eigenvalue weighted by Gasteiger charge is 2.27. The molecule has 0 unspecified atom stereocenters. The number of methoxy groups -OCH3 is 1. The van der Waals surface area contributed by atoms with Crippen molar-refractivity contribution >= 4 is 47.5 Å². The molecular weight excluding hydrogens is 347 g/mol. The number of nitrogens with two attached hydrogens (primary N) is 1.